The molecule has 0 saturated carbocycles. The summed E-state index contributed by atoms with van der Waals surface area (Å²) < 4.78 is 25.1. The zero-order valence-corrected chi connectivity index (χ0v) is 12.0. The molecule has 0 aliphatic heterocycles. The largest absolute Gasteiger partial charge is 0.436 e. The molecule has 1 heterocycles. The topological polar surface area (TPSA) is 44.2 Å². The van der Waals surface area contributed by atoms with E-state index in [4.69, 9.17) is 21.1 Å². The zero-order valence-electron chi connectivity index (χ0n) is 11.2. The molecule has 0 fully saturated rings. The van der Waals surface area contributed by atoms with Crippen molar-refractivity contribution in [3.05, 3.63) is 71.8 Å². The van der Waals surface area contributed by atoms with Crippen LogP contribution in [0.1, 0.15) is 0 Å². The lowest BCUT2D eigenvalue weighted by Crippen LogP contribution is -1.98. The first-order valence-electron chi connectivity index (χ1n) is 6.40. The number of para-hydroxylation sites is 2. The highest BCUT2D eigenvalue weighted by Gasteiger charge is 2.16. The average Bonchev–Trinajstić information content (AvgIpc) is 2.54. The predicted octanol–water partition coefficient (Wildman–Crippen LogP) is 4.85. The molecular formula is C16H10ClFN2O2. The lowest BCUT2D eigenvalue weighted by atomic mass is 10.3. The Morgan fingerprint density at radius 1 is 0.818 bits per heavy atom. The van der Waals surface area contributed by atoms with E-state index < -0.39 is 5.82 Å². The van der Waals surface area contributed by atoms with E-state index in [9.17, 15) is 4.39 Å². The van der Waals surface area contributed by atoms with E-state index in [-0.39, 0.29) is 11.8 Å². The summed E-state index contributed by atoms with van der Waals surface area (Å²) in [5.74, 6) is -0.514. The quantitative estimate of drug-likeness (QED) is 0.690. The van der Waals surface area contributed by atoms with Crippen LogP contribution in [0.5, 0.6) is 23.3 Å². The third-order valence-electron chi connectivity index (χ3n) is 2.73. The average molecular weight is 317 g/mol. The van der Waals surface area contributed by atoms with Crippen LogP contribution in [-0.2, 0) is 0 Å². The lowest BCUT2D eigenvalue weighted by Gasteiger charge is -2.09. The molecule has 0 amide bonds. The number of aromatic nitrogens is 2. The fourth-order valence-corrected chi connectivity index (χ4v) is 1.89. The van der Waals surface area contributed by atoms with Crippen LogP contribution in [0, 0.1) is 5.82 Å². The fourth-order valence-electron chi connectivity index (χ4n) is 1.71. The molecule has 0 radical (unpaired) electrons. The van der Waals surface area contributed by atoms with Crippen LogP contribution in [-0.4, -0.2) is 9.97 Å². The molecule has 3 aromatic rings. The van der Waals surface area contributed by atoms with Crippen LogP contribution >= 0.6 is 11.6 Å². The normalized spacial score (nSPS) is 10.3. The Morgan fingerprint density at radius 3 is 2.18 bits per heavy atom. The van der Waals surface area contributed by atoms with Crippen LogP contribution in [0.4, 0.5) is 4.39 Å². The monoisotopic (exact) mass is 316 g/mol. The highest BCUT2D eigenvalue weighted by molar-refractivity contribution is 6.32. The van der Waals surface area contributed by atoms with Gasteiger partial charge in [0.25, 0.3) is 11.8 Å². The third kappa shape index (κ3) is 3.15. The van der Waals surface area contributed by atoms with Gasteiger partial charge >= 0.3 is 0 Å². The van der Waals surface area contributed by atoms with Crippen LogP contribution < -0.4 is 9.47 Å². The molecule has 0 bridgehead atoms. The molecule has 1 aromatic heterocycles. The van der Waals surface area contributed by atoms with Gasteiger partial charge in [-0.25, -0.2) is 0 Å². The second-order valence-corrected chi connectivity index (χ2v) is 4.65. The molecule has 6 heteroatoms. The van der Waals surface area contributed by atoms with Gasteiger partial charge in [-0.05, 0) is 24.3 Å². The van der Waals surface area contributed by atoms with E-state index in [1.165, 1.54) is 0 Å². The second-order valence-electron chi connectivity index (χ2n) is 4.25. The summed E-state index contributed by atoms with van der Waals surface area (Å²) in [6, 6.07) is 15.5. The van der Waals surface area contributed by atoms with E-state index in [0.29, 0.717) is 16.5 Å². The number of ether oxygens (including phenoxy) is 2. The van der Waals surface area contributed by atoms with Crippen molar-refractivity contribution in [2.24, 2.45) is 0 Å². The van der Waals surface area contributed by atoms with Gasteiger partial charge in [-0.15, -0.1) is 0 Å². The highest BCUT2D eigenvalue weighted by atomic mass is 35.5. The summed E-state index contributed by atoms with van der Waals surface area (Å²) in [6.45, 7) is 0. The van der Waals surface area contributed by atoms with Gasteiger partial charge < -0.3 is 9.47 Å². The summed E-state index contributed by atoms with van der Waals surface area (Å²) in [7, 11) is 0. The van der Waals surface area contributed by atoms with E-state index in [2.05, 4.69) is 9.97 Å². The summed E-state index contributed by atoms with van der Waals surface area (Å²) >= 11 is 5.97. The van der Waals surface area contributed by atoms with Crippen LogP contribution in [0.15, 0.2) is 60.9 Å². The number of hydrogen-bond acceptors (Lipinski definition) is 4. The molecule has 4 nitrogen and oxygen atoms in total. The maximum atomic E-state index is 14.4. The van der Waals surface area contributed by atoms with Crippen molar-refractivity contribution < 1.29 is 13.9 Å². The zero-order chi connectivity index (χ0) is 15.4. The van der Waals surface area contributed by atoms with Crippen LogP contribution in [0.2, 0.25) is 5.02 Å². The molecule has 0 atom stereocenters. The minimum Gasteiger partial charge on any atom is -0.436 e. The summed E-state index contributed by atoms with van der Waals surface area (Å²) in [4.78, 5) is 7.55. The van der Waals surface area contributed by atoms with Crippen molar-refractivity contribution in [2.45, 2.75) is 0 Å². The Balaban J connectivity index is 1.88. The Kier molecular flexibility index (Phi) is 4.16. The molecule has 110 valence electrons. The summed E-state index contributed by atoms with van der Waals surface area (Å²) in [6.07, 6.45) is 1.16. The Labute approximate surface area is 131 Å². The van der Waals surface area contributed by atoms with Crippen molar-refractivity contribution in [2.75, 3.05) is 0 Å². The van der Waals surface area contributed by atoms with Crippen molar-refractivity contribution in [3.8, 4) is 23.3 Å². The molecule has 0 unspecified atom stereocenters. The number of nitrogens with zero attached hydrogens (tertiary/aromatic N) is 2. The first-order chi connectivity index (χ1) is 10.7. The van der Waals surface area contributed by atoms with Gasteiger partial charge in [-0.1, -0.05) is 41.9 Å². The number of halogens is 2. The van der Waals surface area contributed by atoms with Crippen LogP contribution in [0.25, 0.3) is 0 Å². The second kappa shape index (κ2) is 6.41. The molecule has 2 aromatic carbocycles. The first-order valence-corrected chi connectivity index (χ1v) is 6.77. The number of rotatable bonds is 4. The molecule has 3 rings (SSSR count). The summed E-state index contributed by atoms with van der Waals surface area (Å²) in [5.41, 5.74) is 0. The lowest BCUT2D eigenvalue weighted by molar-refractivity contribution is 0.376. The van der Waals surface area contributed by atoms with E-state index in [1.807, 2.05) is 6.07 Å². The Bertz CT molecular complexity index is 784. The maximum Gasteiger partial charge on any atom is 0.263 e. The van der Waals surface area contributed by atoms with Crippen molar-refractivity contribution >= 4 is 11.6 Å². The SMILES string of the molecule is Fc1c(Oc2ccccc2)ncnc1Oc1ccccc1Cl. The van der Waals surface area contributed by atoms with E-state index >= 15 is 0 Å². The van der Waals surface area contributed by atoms with Gasteiger partial charge in [-0.3, -0.25) is 0 Å². The van der Waals surface area contributed by atoms with Gasteiger partial charge in [0, 0.05) is 0 Å². The molecule has 22 heavy (non-hydrogen) atoms. The Morgan fingerprint density at radius 2 is 1.45 bits per heavy atom. The smallest absolute Gasteiger partial charge is 0.263 e. The van der Waals surface area contributed by atoms with Crippen molar-refractivity contribution in [1.29, 1.82) is 0 Å². The van der Waals surface area contributed by atoms with E-state index in [0.717, 1.165) is 6.33 Å². The Hall–Kier alpha value is -2.66. The van der Waals surface area contributed by atoms with Gasteiger partial charge in [-0.2, -0.15) is 14.4 Å². The van der Waals surface area contributed by atoms with E-state index in [1.54, 1.807) is 48.5 Å². The van der Waals surface area contributed by atoms with Gasteiger partial charge in [0.1, 0.15) is 17.8 Å². The predicted molar refractivity (Wildman–Crippen MR) is 80.0 cm³/mol. The van der Waals surface area contributed by atoms with Crippen molar-refractivity contribution in [3.63, 3.8) is 0 Å². The third-order valence-corrected chi connectivity index (χ3v) is 3.04. The number of hydrogen-bond donors (Lipinski definition) is 0. The summed E-state index contributed by atoms with van der Waals surface area (Å²) in [5, 5.41) is 0.353. The first kappa shape index (κ1) is 14.3. The minimum absolute atomic E-state index is 0.219. The maximum absolute atomic E-state index is 14.4. The minimum atomic E-state index is -0.800. The van der Waals surface area contributed by atoms with Gasteiger partial charge in [0.15, 0.2) is 0 Å². The molecule has 0 aliphatic carbocycles. The molecular weight excluding hydrogens is 307 g/mol. The highest BCUT2D eigenvalue weighted by Crippen LogP contribution is 2.32. The van der Waals surface area contributed by atoms with Gasteiger partial charge in [0.05, 0.1) is 5.02 Å². The fraction of sp³-hybridized carbons (Fsp3) is 0. The van der Waals surface area contributed by atoms with Crippen LogP contribution in [0.3, 0.4) is 0 Å². The standard InChI is InChI=1S/C16H10ClFN2O2/c17-12-8-4-5-9-13(12)22-16-14(18)15(19-10-20-16)21-11-6-2-1-3-7-11/h1-10H. The molecule has 0 N–H and O–H groups in total. The van der Waals surface area contributed by atoms with Gasteiger partial charge in [0.2, 0.25) is 5.82 Å². The molecule has 0 saturated heterocycles. The number of benzene rings is 2. The molecule has 0 aliphatic rings. The van der Waals surface area contributed by atoms with Crippen molar-refractivity contribution in [1.82, 2.24) is 9.97 Å². The molecule has 0 spiro atoms.